The number of hydrogen-bond acceptors (Lipinski definition) is 4. The fraction of sp³-hybridized carbons (Fsp3) is 0.611. The van der Waals surface area contributed by atoms with Gasteiger partial charge in [0.05, 0.1) is 6.04 Å². The van der Waals surface area contributed by atoms with E-state index in [9.17, 15) is 0 Å². The number of nitrogens with zero attached hydrogens (tertiary/aromatic N) is 4. The van der Waals surface area contributed by atoms with Gasteiger partial charge < -0.3 is 9.88 Å². The average molecular weight is 313 g/mol. The first-order valence-electron chi connectivity index (χ1n) is 8.70. The maximum Gasteiger partial charge on any atom is 0.149 e. The highest BCUT2D eigenvalue weighted by Crippen LogP contribution is 2.31. The van der Waals surface area contributed by atoms with E-state index in [4.69, 9.17) is 0 Å². The lowest BCUT2D eigenvalue weighted by Gasteiger charge is -2.22. The molecule has 5 heteroatoms. The highest BCUT2D eigenvalue weighted by molar-refractivity contribution is 5.13. The van der Waals surface area contributed by atoms with Crippen LogP contribution >= 0.6 is 0 Å². The van der Waals surface area contributed by atoms with Crippen molar-refractivity contribution in [2.75, 3.05) is 0 Å². The molecule has 3 rings (SSSR count). The lowest BCUT2D eigenvalue weighted by Crippen LogP contribution is -2.32. The summed E-state index contributed by atoms with van der Waals surface area (Å²) in [5, 5.41) is 12.2. The summed E-state index contributed by atoms with van der Waals surface area (Å²) < 4.78 is 2.28. The van der Waals surface area contributed by atoms with Crippen molar-refractivity contribution in [3.05, 3.63) is 41.7 Å². The van der Waals surface area contributed by atoms with Crippen molar-refractivity contribution >= 4 is 0 Å². The second-order valence-corrected chi connectivity index (χ2v) is 6.86. The largest absolute Gasteiger partial charge is 0.313 e. The summed E-state index contributed by atoms with van der Waals surface area (Å²) in [6.45, 7) is 6.44. The number of rotatable bonds is 6. The van der Waals surface area contributed by atoms with E-state index in [1.807, 2.05) is 12.5 Å². The van der Waals surface area contributed by atoms with Crippen LogP contribution in [0.2, 0.25) is 0 Å². The molecule has 1 aliphatic carbocycles. The second kappa shape index (κ2) is 7.21. The smallest absolute Gasteiger partial charge is 0.149 e. The number of nitrogens with one attached hydrogen (secondary N) is 1. The molecule has 2 heterocycles. The summed E-state index contributed by atoms with van der Waals surface area (Å²) in [7, 11) is 0. The molecule has 0 unspecified atom stereocenters. The van der Waals surface area contributed by atoms with Crippen LogP contribution in [0.3, 0.4) is 0 Å². The van der Waals surface area contributed by atoms with Crippen molar-refractivity contribution in [3.63, 3.8) is 0 Å². The van der Waals surface area contributed by atoms with E-state index in [1.54, 1.807) is 0 Å². The third-order valence-electron chi connectivity index (χ3n) is 4.73. The molecular formula is C18H27N5. The van der Waals surface area contributed by atoms with Crippen molar-refractivity contribution in [1.82, 2.24) is 25.1 Å². The normalized spacial score (nSPS) is 18.2. The van der Waals surface area contributed by atoms with Gasteiger partial charge in [-0.1, -0.05) is 18.9 Å². The molecule has 0 aromatic carbocycles. The third-order valence-corrected chi connectivity index (χ3v) is 4.73. The Morgan fingerprint density at radius 1 is 1.26 bits per heavy atom. The highest BCUT2D eigenvalue weighted by Gasteiger charge is 2.23. The predicted molar refractivity (Wildman–Crippen MR) is 91.2 cm³/mol. The topological polar surface area (TPSA) is 55.6 Å². The molecule has 0 radical (unpaired) electrons. The third kappa shape index (κ3) is 3.96. The Bertz CT molecular complexity index is 613. The number of aromatic nitrogens is 4. The van der Waals surface area contributed by atoms with Gasteiger partial charge in [0.2, 0.25) is 0 Å². The van der Waals surface area contributed by atoms with Crippen LogP contribution in [0.1, 0.15) is 68.7 Å². The predicted octanol–water partition coefficient (Wildman–Crippen LogP) is 3.38. The summed E-state index contributed by atoms with van der Waals surface area (Å²) in [6, 6.07) is 5.35. The Labute approximate surface area is 138 Å². The van der Waals surface area contributed by atoms with Gasteiger partial charge >= 0.3 is 0 Å². The average Bonchev–Trinajstić information content (AvgIpc) is 3.19. The van der Waals surface area contributed by atoms with Gasteiger partial charge in [-0.3, -0.25) is 4.98 Å². The minimum atomic E-state index is 0.193. The molecule has 2 aromatic rings. The van der Waals surface area contributed by atoms with E-state index in [2.05, 4.69) is 58.0 Å². The number of aryl methyl sites for hydroxylation is 1. The first-order valence-corrected chi connectivity index (χ1v) is 8.70. The van der Waals surface area contributed by atoms with Gasteiger partial charge in [-0.05, 0) is 45.2 Å². The van der Waals surface area contributed by atoms with E-state index in [-0.39, 0.29) is 6.04 Å². The molecule has 1 fully saturated rings. The summed E-state index contributed by atoms with van der Waals surface area (Å²) in [6.07, 6.45) is 9.89. The standard InChI is InChI=1S/C18H27N5/c1-13-8-9-16(19-11-13)10-14(2)21-15(3)18-22-20-12-23(18)17-6-4-5-7-17/h8-9,11-12,14-15,17,21H,4-7,10H2,1-3H3/t14-,15+/m0/s1. The molecule has 0 spiro atoms. The minimum Gasteiger partial charge on any atom is -0.313 e. The summed E-state index contributed by atoms with van der Waals surface area (Å²) in [4.78, 5) is 4.50. The monoisotopic (exact) mass is 313 g/mol. The van der Waals surface area contributed by atoms with Crippen molar-refractivity contribution in [2.24, 2.45) is 0 Å². The lowest BCUT2D eigenvalue weighted by atomic mass is 10.1. The zero-order valence-corrected chi connectivity index (χ0v) is 14.4. The second-order valence-electron chi connectivity index (χ2n) is 6.86. The molecule has 0 amide bonds. The zero-order chi connectivity index (χ0) is 16.2. The molecule has 0 saturated heterocycles. The van der Waals surface area contributed by atoms with Gasteiger partial charge in [0, 0.05) is 30.4 Å². The maximum absolute atomic E-state index is 4.50. The van der Waals surface area contributed by atoms with Crippen LogP contribution < -0.4 is 5.32 Å². The van der Waals surface area contributed by atoms with Gasteiger partial charge in [-0.25, -0.2) is 0 Å². The summed E-state index contributed by atoms with van der Waals surface area (Å²) in [5.41, 5.74) is 2.33. The van der Waals surface area contributed by atoms with E-state index >= 15 is 0 Å². The van der Waals surface area contributed by atoms with Crippen molar-refractivity contribution in [2.45, 2.75) is 71.0 Å². The number of pyridine rings is 1. The molecule has 0 bridgehead atoms. The fourth-order valence-electron chi connectivity index (χ4n) is 3.52. The summed E-state index contributed by atoms with van der Waals surface area (Å²) in [5.74, 6) is 1.06. The fourth-order valence-corrected chi connectivity index (χ4v) is 3.52. The molecule has 1 N–H and O–H groups in total. The van der Waals surface area contributed by atoms with Gasteiger partial charge in [-0.15, -0.1) is 10.2 Å². The van der Waals surface area contributed by atoms with Crippen LogP contribution in [0, 0.1) is 6.92 Å². The van der Waals surface area contributed by atoms with Gasteiger partial charge in [-0.2, -0.15) is 0 Å². The molecule has 0 aliphatic heterocycles. The first-order chi connectivity index (χ1) is 11.1. The molecule has 2 aromatic heterocycles. The molecule has 5 nitrogen and oxygen atoms in total. The van der Waals surface area contributed by atoms with Crippen LogP contribution in [0.4, 0.5) is 0 Å². The molecule has 124 valence electrons. The van der Waals surface area contributed by atoms with Crippen LogP contribution in [0.5, 0.6) is 0 Å². The van der Waals surface area contributed by atoms with E-state index in [0.29, 0.717) is 12.1 Å². The Morgan fingerprint density at radius 3 is 2.74 bits per heavy atom. The quantitative estimate of drug-likeness (QED) is 0.888. The van der Waals surface area contributed by atoms with Crippen LogP contribution in [0.25, 0.3) is 0 Å². The van der Waals surface area contributed by atoms with Crippen LogP contribution in [-0.2, 0) is 6.42 Å². The highest BCUT2D eigenvalue weighted by atomic mass is 15.3. The lowest BCUT2D eigenvalue weighted by molar-refractivity contribution is 0.417. The Morgan fingerprint density at radius 2 is 2.04 bits per heavy atom. The zero-order valence-electron chi connectivity index (χ0n) is 14.4. The van der Waals surface area contributed by atoms with Crippen molar-refractivity contribution in [3.8, 4) is 0 Å². The van der Waals surface area contributed by atoms with E-state index < -0.39 is 0 Å². The Hall–Kier alpha value is -1.75. The number of hydrogen-bond donors (Lipinski definition) is 1. The van der Waals surface area contributed by atoms with Gasteiger partial charge in [0.25, 0.3) is 0 Å². The molecule has 2 atom stereocenters. The van der Waals surface area contributed by atoms with Crippen molar-refractivity contribution in [1.29, 1.82) is 0 Å². The first kappa shape index (κ1) is 16.1. The molecule has 1 saturated carbocycles. The van der Waals surface area contributed by atoms with Crippen LogP contribution in [-0.4, -0.2) is 25.8 Å². The summed E-state index contributed by atoms with van der Waals surface area (Å²) >= 11 is 0. The SMILES string of the molecule is Cc1ccc(C[C@H](C)N[C@H](C)c2nncn2C2CCCC2)nc1. The maximum atomic E-state index is 4.50. The van der Waals surface area contributed by atoms with E-state index in [1.165, 1.54) is 31.2 Å². The van der Waals surface area contributed by atoms with Crippen LogP contribution in [0.15, 0.2) is 24.7 Å². The van der Waals surface area contributed by atoms with Gasteiger partial charge in [0.15, 0.2) is 0 Å². The minimum absolute atomic E-state index is 0.193. The van der Waals surface area contributed by atoms with Gasteiger partial charge in [0.1, 0.15) is 12.2 Å². The van der Waals surface area contributed by atoms with Crippen molar-refractivity contribution < 1.29 is 0 Å². The molecule has 1 aliphatic rings. The molecular weight excluding hydrogens is 286 g/mol. The Kier molecular flexibility index (Phi) is 5.06. The Balaban J connectivity index is 1.61. The van der Waals surface area contributed by atoms with E-state index in [0.717, 1.165) is 17.9 Å². The molecule has 23 heavy (non-hydrogen) atoms.